The maximum atomic E-state index is 5.48. The van der Waals surface area contributed by atoms with Crippen molar-refractivity contribution < 1.29 is 0 Å². The lowest BCUT2D eigenvalue weighted by molar-refractivity contribution is 0.195. The Hall–Kier alpha value is -11.6. The van der Waals surface area contributed by atoms with Crippen molar-refractivity contribution in [2.45, 2.75) is 230 Å². The van der Waals surface area contributed by atoms with Crippen LogP contribution in [0, 0.1) is 0 Å². The zero-order valence-corrected chi connectivity index (χ0v) is 74.8. The summed E-state index contributed by atoms with van der Waals surface area (Å²) in [4.78, 5) is 26.8. The average Bonchev–Trinajstić information content (AvgIpc) is 1.51. The van der Waals surface area contributed by atoms with E-state index < -0.39 is 0 Å². The quantitative estimate of drug-likeness (QED) is 0.163. The molecule has 0 amide bonds. The smallest absolute Gasteiger partial charge is 0.294 e. The van der Waals surface area contributed by atoms with Crippen LogP contribution < -0.4 is 69.5 Å². The van der Waals surface area contributed by atoms with E-state index in [9.17, 15) is 0 Å². The normalized spacial score (nSPS) is 23.3. The number of fused-ring (bicyclic) bond motifs is 30. The van der Waals surface area contributed by atoms with Crippen molar-refractivity contribution in [3.8, 4) is 28.2 Å². The first-order valence-electron chi connectivity index (χ1n) is 46.5. The molecule has 12 heterocycles. The number of aromatic nitrogens is 6. The first kappa shape index (κ1) is 75.0. The van der Waals surface area contributed by atoms with Crippen LogP contribution in [0.25, 0.3) is 61.3 Å². The summed E-state index contributed by atoms with van der Waals surface area (Å²) in [6.45, 7) is 36.5. The fraction of sp³-hybridized carbons (Fsp3) is 0.324. The number of hydrogen-bond donors (Lipinski definition) is 0. The molecule has 3 aliphatic carbocycles. The summed E-state index contributed by atoms with van der Waals surface area (Å²) in [7, 11) is 0. The molecule has 0 N–H and O–H groups in total. The van der Waals surface area contributed by atoms with Gasteiger partial charge < -0.3 is 33.3 Å². The van der Waals surface area contributed by atoms with Crippen LogP contribution >= 0.6 is 0 Å². The van der Waals surface area contributed by atoms with Gasteiger partial charge in [0, 0.05) is 84.5 Å². The fourth-order valence-corrected chi connectivity index (χ4v) is 26.8. The molecule has 3 saturated carbocycles. The van der Waals surface area contributed by atoms with Crippen LogP contribution in [0.15, 0.2) is 243 Å². The Labute approximate surface area is 732 Å². The minimum atomic E-state index is 0.0334. The Balaban J connectivity index is 0.000000105. The molecule has 124 heavy (non-hydrogen) atoms. The Morgan fingerprint density at radius 2 is 0.653 bits per heavy atom. The predicted molar refractivity (Wildman–Crippen MR) is 522 cm³/mol. The molecule has 0 radical (unpaired) electrons. The number of anilines is 9. The maximum Gasteiger partial charge on any atom is 0.294 e. The van der Waals surface area contributed by atoms with Gasteiger partial charge in [0.15, 0.2) is 0 Å². The maximum absolute atomic E-state index is 5.48. The van der Waals surface area contributed by atoms with E-state index in [1.54, 1.807) is 11.1 Å². The highest BCUT2D eigenvalue weighted by atomic mass is 15.3. The van der Waals surface area contributed by atoms with Gasteiger partial charge in [-0.25, -0.2) is 15.0 Å². The van der Waals surface area contributed by atoms with Gasteiger partial charge in [-0.3, -0.25) is 0 Å². The highest BCUT2D eigenvalue weighted by molar-refractivity contribution is 7.00. The summed E-state index contributed by atoms with van der Waals surface area (Å²) in [5, 5.41) is 0. The molecule has 10 nitrogen and oxygen atoms in total. The minimum Gasteiger partial charge on any atom is -0.335 e. The lowest BCUT2D eigenvalue weighted by Gasteiger charge is -2.51. The zero-order valence-electron chi connectivity index (χ0n) is 74.8. The predicted octanol–water partition coefficient (Wildman–Crippen LogP) is 20.8. The molecule has 27 rings (SSSR count). The Bertz CT molecular complexity index is 7080. The van der Waals surface area contributed by atoms with Crippen LogP contribution in [-0.2, 0) is 32.5 Å². The van der Waals surface area contributed by atoms with E-state index in [1.165, 1.54) is 217 Å². The molecule has 12 aromatic carbocycles. The van der Waals surface area contributed by atoms with Crippen LogP contribution in [-0.4, -0.2) is 65.4 Å². The van der Waals surface area contributed by atoms with Gasteiger partial charge in [0.25, 0.3) is 20.1 Å². The first-order chi connectivity index (χ1) is 59.6. The molecule has 0 saturated heterocycles. The standard InChI is InChI=1S/C47H49BN4.C37H36BN3.C27H24BN3/c1-44(2,3)30-17-21-32(22-18-30)50(33-23-19-31(20-24-33)45(4,5)6)34-25-26-37-40(29-34)51-38-15-12-16-39-41(38)48(43(51)49-37)36-14-11-13-35-42(36)52(39)47(8)28-10-9-27-46(35,47)7;1-35(2,3)25-21-30-32-31(22-25)41-33-26(36(4)18-9-10-19-37(36,41)5)14-11-15-27(33)38(32)34-39-28-17-16-24(20-29(28)40(30)34)23-12-7-6-8-13-23;1-26-15-5-6-16-27(26,2)31-22-14-8-13-21-23(22)28(18-10-7-9-17(26)24(18)31)25-29-19-11-3-4-12-20(19)30(21)25/h11-26,29H,9-10,27-28H2,1-8H3;6-8,11-17,20-22H,9-10,18-19H2,1-5H3;3-4,7-14H,5-6,15-16H2,1-2H3. The molecule has 9 aliphatic heterocycles. The zero-order chi connectivity index (χ0) is 84.4. The van der Waals surface area contributed by atoms with Crippen molar-refractivity contribution in [2.24, 2.45) is 0 Å². The third-order valence-electron chi connectivity index (χ3n) is 33.9. The van der Waals surface area contributed by atoms with Crippen molar-refractivity contribution in [2.75, 3.05) is 19.6 Å². The van der Waals surface area contributed by atoms with Crippen LogP contribution in [0.2, 0.25) is 0 Å². The molecule has 0 bridgehead atoms. The number of para-hydroxylation sites is 5. The van der Waals surface area contributed by atoms with Gasteiger partial charge in [-0.15, -0.1) is 0 Å². The van der Waals surface area contributed by atoms with Gasteiger partial charge >= 0.3 is 0 Å². The van der Waals surface area contributed by atoms with Crippen molar-refractivity contribution in [3.63, 3.8) is 0 Å². The second-order valence-corrected chi connectivity index (χ2v) is 43.1. The van der Waals surface area contributed by atoms with Gasteiger partial charge in [0.05, 0.1) is 66.9 Å². The van der Waals surface area contributed by atoms with E-state index in [4.69, 9.17) is 15.0 Å². The van der Waals surface area contributed by atoms with E-state index in [0.29, 0.717) is 0 Å². The summed E-state index contributed by atoms with van der Waals surface area (Å²) < 4.78 is 7.41. The lowest BCUT2D eigenvalue weighted by Crippen LogP contribution is -2.61. The molecular weight excluding hydrogens is 1510 g/mol. The number of imidazole rings is 3. The van der Waals surface area contributed by atoms with Gasteiger partial charge in [-0.1, -0.05) is 261 Å². The Kier molecular flexibility index (Phi) is 15.2. The van der Waals surface area contributed by atoms with Crippen molar-refractivity contribution in [1.82, 2.24) is 28.7 Å². The summed E-state index contributed by atoms with van der Waals surface area (Å²) in [5.41, 5.74) is 47.0. The van der Waals surface area contributed by atoms with Crippen LogP contribution in [0.3, 0.4) is 0 Å². The van der Waals surface area contributed by atoms with E-state index in [0.717, 1.165) is 44.9 Å². The lowest BCUT2D eigenvalue weighted by atomic mass is 9.39. The van der Waals surface area contributed by atoms with Crippen LogP contribution in [0.5, 0.6) is 0 Å². The monoisotopic (exact) mass is 1610 g/mol. The summed E-state index contributed by atoms with van der Waals surface area (Å²) in [6.07, 6.45) is 15.3. The molecule has 612 valence electrons. The first-order valence-corrected chi connectivity index (χ1v) is 46.5. The molecule has 3 aromatic heterocycles. The number of benzene rings is 12. The minimum absolute atomic E-state index is 0.0334. The molecule has 6 atom stereocenters. The van der Waals surface area contributed by atoms with Gasteiger partial charge in [0.1, 0.15) is 0 Å². The second kappa shape index (κ2) is 25.2. The van der Waals surface area contributed by atoms with E-state index in [2.05, 4.69) is 380 Å². The third-order valence-corrected chi connectivity index (χ3v) is 33.9. The van der Waals surface area contributed by atoms with E-state index in [-0.39, 0.29) is 69.2 Å². The average molecular weight is 1620 g/mol. The summed E-state index contributed by atoms with van der Waals surface area (Å²) in [5.74, 6) is 0. The molecule has 3 fully saturated rings. The number of nitrogens with zero attached hydrogens (tertiary/aromatic N) is 10. The van der Waals surface area contributed by atoms with Crippen molar-refractivity contribution in [3.05, 3.63) is 276 Å². The van der Waals surface area contributed by atoms with Crippen molar-refractivity contribution >= 4 is 154 Å². The van der Waals surface area contributed by atoms with E-state index in [1.807, 2.05) is 0 Å². The Morgan fingerprint density at radius 1 is 0.290 bits per heavy atom. The highest BCUT2D eigenvalue weighted by Gasteiger charge is 2.66. The second-order valence-electron chi connectivity index (χ2n) is 43.1. The molecule has 12 aliphatic rings. The number of hydrogen-bond acceptors (Lipinski definition) is 7. The highest BCUT2D eigenvalue weighted by Crippen LogP contribution is 2.65. The molecule has 15 aromatic rings. The largest absolute Gasteiger partial charge is 0.335 e. The number of rotatable bonds is 4. The third kappa shape index (κ3) is 9.59. The SMILES string of the molecule is CC(C)(C)c1cc2c3c(c1)-n1c(nc4ccc(-c5ccccc5)cc41)B3c1cccc3c1N2C1(C)CCCCC31C.CC(C)(C)c1ccc(N(c2ccc(C(C)(C)C)cc2)c2ccc3nc4n(c3c2)-c2cccc3c2B4c2cccc4c2N3C2(C)CCCCC42C)cc1.CC12CCCCC1(C)N1c3cccc4c3B(c3cccc2c31)c1nc2ccccc2n1-4. The van der Waals surface area contributed by atoms with Gasteiger partial charge in [-0.2, -0.15) is 0 Å². The topological polar surface area (TPSA) is 66.4 Å². The van der Waals surface area contributed by atoms with E-state index >= 15 is 0 Å². The van der Waals surface area contributed by atoms with Gasteiger partial charge in [-0.05, 0) is 256 Å². The fourth-order valence-electron chi connectivity index (χ4n) is 26.8. The molecule has 13 heteroatoms. The van der Waals surface area contributed by atoms with Crippen molar-refractivity contribution in [1.29, 1.82) is 0 Å². The molecular formula is C111H109B3N10. The Morgan fingerprint density at radius 3 is 1.12 bits per heavy atom. The van der Waals surface area contributed by atoms with Crippen LogP contribution in [0.1, 0.15) is 214 Å². The van der Waals surface area contributed by atoms with Gasteiger partial charge in [0.2, 0.25) is 0 Å². The molecule has 6 unspecified atom stereocenters. The summed E-state index contributed by atoms with van der Waals surface area (Å²) >= 11 is 0. The molecule has 0 spiro atoms. The van der Waals surface area contributed by atoms with Crippen LogP contribution in [0.4, 0.5) is 51.2 Å². The summed E-state index contributed by atoms with van der Waals surface area (Å²) in [6, 6.07) is 91.6.